The van der Waals surface area contributed by atoms with E-state index >= 15 is 0 Å². The summed E-state index contributed by atoms with van der Waals surface area (Å²) in [4.78, 5) is 11.7. The van der Waals surface area contributed by atoms with Gasteiger partial charge in [-0.15, -0.1) is 0 Å². The minimum atomic E-state index is 0.988. The third-order valence-electron chi connectivity index (χ3n) is 3.86. The lowest BCUT2D eigenvalue weighted by atomic mass is 10.1. The van der Waals surface area contributed by atoms with Gasteiger partial charge in [0.1, 0.15) is 5.82 Å². The maximum absolute atomic E-state index is 4.86. The van der Waals surface area contributed by atoms with Crippen LogP contribution in [0.1, 0.15) is 0 Å². The van der Waals surface area contributed by atoms with Gasteiger partial charge < -0.3 is 10.2 Å². The van der Waals surface area contributed by atoms with Gasteiger partial charge in [0.2, 0.25) is 0 Å². The molecule has 1 fully saturated rings. The number of fused-ring (bicyclic) bond motifs is 3. The molecule has 2 aromatic heterocycles. The molecule has 0 atom stereocenters. The largest absolute Gasteiger partial charge is 0.354 e. The number of nitrogens with zero attached hydrogens (tertiary/aromatic N) is 3. The Morgan fingerprint density at radius 2 is 1.65 bits per heavy atom. The molecule has 0 unspecified atom stereocenters. The molecular formula is C16H16N4. The molecule has 20 heavy (non-hydrogen) atoms. The predicted molar refractivity (Wildman–Crippen MR) is 82.1 cm³/mol. The number of pyridine rings is 2. The molecule has 1 aliphatic heterocycles. The molecule has 3 heterocycles. The fraction of sp³-hybridized carbons (Fsp3) is 0.250. The monoisotopic (exact) mass is 264 g/mol. The number of benzene rings is 1. The van der Waals surface area contributed by atoms with Crippen LogP contribution in [0.4, 0.5) is 5.82 Å². The number of hydrogen-bond donors (Lipinski definition) is 1. The molecule has 0 saturated carbocycles. The topological polar surface area (TPSA) is 41.1 Å². The van der Waals surface area contributed by atoms with Gasteiger partial charge in [0.25, 0.3) is 0 Å². The fourth-order valence-electron chi connectivity index (χ4n) is 2.78. The average Bonchev–Trinajstić information content (AvgIpc) is 2.55. The lowest BCUT2D eigenvalue weighted by Gasteiger charge is -2.28. The van der Waals surface area contributed by atoms with Crippen LogP contribution in [0.2, 0.25) is 0 Å². The molecule has 4 heteroatoms. The fourth-order valence-corrected chi connectivity index (χ4v) is 2.78. The van der Waals surface area contributed by atoms with Crippen LogP contribution >= 0.6 is 0 Å². The summed E-state index contributed by atoms with van der Waals surface area (Å²) in [6.07, 6.45) is 1.83. The van der Waals surface area contributed by atoms with Crippen molar-refractivity contribution in [1.82, 2.24) is 15.3 Å². The Morgan fingerprint density at radius 1 is 0.900 bits per heavy atom. The SMILES string of the molecule is c1cnc2c(c1)ccc1ccc(N3CCNCC3)nc12. The Morgan fingerprint density at radius 3 is 2.50 bits per heavy atom. The van der Waals surface area contributed by atoms with Crippen molar-refractivity contribution < 1.29 is 0 Å². The Balaban J connectivity index is 1.90. The maximum Gasteiger partial charge on any atom is 0.129 e. The highest BCUT2D eigenvalue weighted by molar-refractivity contribution is 6.03. The molecule has 0 bridgehead atoms. The van der Waals surface area contributed by atoms with Crippen LogP contribution in [0, 0.1) is 0 Å². The van der Waals surface area contributed by atoms with E-state index < -0.39 is 0 Å². The summed E-state index contributed by atoms with van der Waals surface area (Å²) in [5, 5.41) is 5.66. The molecule has 4 rings (SSSR count). The van der Waals surface area contributed by atoms with Gasteiger partial charge in [0, 0.05) is 43.1 Å². The molecule has 1 aliphatic rings. The molecule has 1 aromatic carbocycles. The minimum Gasteiger partial charge on any atom is -0.354 e. The van der Waals surface area contributed by atoms with Crippen molar-refractivity contribution in [1.29, 1.82) is 0 Å². The highest BCUT2D eigenvalue weighted by atomic mass is 15.2. The smallest absolute Gasteiger partial charge is 0.129 e. The van der Waals surface area contributed by atoms with Crippen molar-refractivity contribution in [2.24, 2.45) is 0 Å². The van der Waals surface area contributed by atoms with Gasteiger partial charge in [0.15, 0.2) is 0 Å². The first-order valence-electron chi connectivity index (χ1n) is 7.02. The maximum atomic E-state index is 4.86. The third kappa shape index (κ3) is 1.89. The zero-order valence-electron chi connectivity index (χ0n) is 11.2. The van der Waals surface area contributed by atoms with E-state index in [2.05, 4.69) is 45.5 Å². The Labute approximate surface area is 117 Å². The predicted octanol–water partition coefficient (Wildman–Crippen LogP) is 2.19. The van der Waals surface area contributed by atoms with Crippen LogP contribution in [0.25, 0.3) is 21.8 Å². The first-order chi connectivity index (χ1) is 9.92. The van der Waals surface area contributed by atoms with E-state index in [0.29, 0.717) is 0 Å². The van der Waals surface area contributed by atoms with Crippen molar-refractivity contribution in [2.75, 3.05) is 31.1 Å². The van der Waals surface area contributed by atoms with Gasteiger partial charge >= 0.3 is 0 Å². The molecule has 3 aromatic rings. The van der Waals surface area contributed by atoms with Crippen molar-refractivity contribution in [3.63, 3.8) is 0 Å². The van der Waals surface area contributed by atoms with Crippen molar-refractivity contribution >= 4 is 27.6 Å². The molecular weight excluding hydrogens is 248 g/mol. The van der Waals surface area contributed by atoms with E-state index in [1.165, 1.54) is 0 Å². The van der Waals surface area contributed by atoms with Crippen molar-refractivity contribution in [3.8, 4) is 0 Å². The zero-order chi connectivity index (χ0) is 13.4. The zero-order valence-corrected chi connectivity index (χ0v) is 11.2. The lowest BCUT2D eigenvalue weighted by molar-refractivity contribution is 0.585. The van der Waals surface area contributed by atoms with Crippen LogP contribution in [0.15, 0.2) is 42.6 Å². The number of anilines is 1. The van der Waals surface area contributed by atoms with E-state index in [1.807, 2.05) is 12.3 Å². The van der Waals surface area contributed by atoms with Crippen LogP contribution in [-0.2, 0) is 0 Å². The van der Waals surface area contributed by atoms with E-state index in [9.17, 15) is 0 Å². The van der Waals surface area contributed by atoms with Gasteiger partial charge in [-0.2, -0.15) is 0 Å². The highest BCUT2D eigenvalue weighted by Crippen LogP contribution is 2.24. The van der Waals surface area contributed by atoms with E-state index in [-0.39, 0.29) is 0 Å². The molecule has 4 nitrogen and oxygen atoms in total. The molecule has 0 amide bonds. The molecule has 1 N–H and O–H groups in total. The number of hydrogen-bond acceptors (Lipinski definition) is 4. The molecule has 1 saturated heterocycles. The molecule has 0 aliphatic carbocycles. The summed E-state index contributed by atoms with van der Waals surface area (Å²) in [5.74, 6) is 1.05. The summed E-state index contributed by atoms with van der Waals surface area (Å²) < 4.78 is 0. The third-order valence-corrected chi connectivity index (χ3v) is 3.86. The quantitative estimate of drug-likeness (QED) is 0.684. The number of piperazine rings is 1. The van der Waals surface area contributed by atoms with Crippen molar-refractivity contribution in [2.45, 2.75) is 0 Å². The number of aromatic nitrogens is 2. The summed E-state index contributed by atoms with van der Waals surface area (Å²) in [6, 6.07) is 12.5. The minimum absolute atomic E-state index is 0.988. The number of rotatable bonds is 1. The second kappa shape index (κ2) is 4.72. The van der Waals surface area contributed by atoms with E-state index in [1.54, 1.807) is 0 Å². The van der Waals surface area contributed by atoms with Gasteiger partial charge in [-0.05, 0) is 18.2 Å². The van der Waals surface area contributed by atoms with Crippen LogP contribution < -0.4 is 10.2 Å². The van der Waals surface area contributed by atoms with Crippen LogP contribution in [-0.4, -0.2) is 36.1 Å². The summed E-state index contributed by atoms with van der Waals surface area (Å²) in [5.41, 5.74) is 1.99. The molecule has 0 spiro atoms. The summed E-state index contributed by atoms with van der Waals surface area (Å²) >= 11 is 0. The second-order valence-electron chi connectivity index (χ2n) is 5.12. The first kappa shape index (κ1) is 11.6. The second-order valence-corrected chi connectivity index (χ2v) is 5.12. The summed E-state index contributed by atoms with van der Waals surface area (Å²) in [7, 11) is 0. The Kier molecular flexibility index (Phi) is 2.74. The normalized spacial score (nSPS) is 15.9. The van der Waals surface area contributed by atoms with Gasteiger partial charge in [-0.25, -0.2) is 4.98 Å². The van der Waals surface area contributed by atoms with Crippen LogP contribution in [0.5, 0.6) is 0 Å². The van der Waals surface area contributed by atoms with Crippen LogP contribution in [0.3, 0.4) is 0 Å². The van der Waals surface area contributed by atoms with Crippen molar-refractivity contribution in [3.05, 3.63) is 42.6 Å². The Hall–Kier alpha value is -2.20. The highest BCUT2D eigenvalue weighted by Gasteiger charge is 2.12. The molecule has 100 valence electrons. The summed E-state index contributed by atoms with van der Waals surface area (Å²) in [6.45, 7) is 4.06. The standard InChI is InChI=1S/C16H16N4/c1-2-12-3-4-13-5-6-14(20-10-8-17-9-11-20)19-16(13)15(12)18-7-1/h1-7,17H,8-11H2. The Bertz CT molecular complexity index is 763. The number of nitrogens with one attached hydrogen (secondary N) is 1. The van der Waals surface area contributed by atoms with E-state index in [4.69, 9.17) is 4.98 Å². The van der Waals surface area contributed by atoms with Gasteiger partial charge in [0.05, 0.1) is 11.0 Å². The lowest BCUT2D eigenvalue weighted by Crippen LogP contribution is -2.43. The van der Waals surface area contributed by atoms with E-state index in [0.717, 1.165) is 53.8 Å². The van der Waals surface area contributed by atoms with Gasteiger partial charge in [-0.3, -0.25) is 4.98 Å². The first-order valence-corrected chi connectivity index (χ1v) is 7.02. The average molecular weight is 264 g/mol. The van der Waals surface area contributed by atoms with Gasteiger partial charge in [-0.1, -0.05) is 18.2 Å². The molecule has 0 radical (unpaired) electrons.